The fourth-order valence-corrected chi connectivity index (χ4v) is 3.47. The van der Waals surface area contributed by atoms with Crippen molar-refractivity contribution in [3.8, 4) is 0 Å². The highest BCUT2D eigenvalue weighted by Gasteiger charge is 2.19. The molecule has 1 aromatic carbocycles. The van der Waals surface area contributed by atoms with Crippen LogP contribution in [0.25, 0.3) is 10.9 Å². The van der Waals surface area contributed by atoms with Crippen LogP contribution in [0.2, 0.25) is 0 Å². The van der Waals surface area contributed by atoms with Crippen LogP contribution < -0.4 is 5.32 Å². The summed E-state index contributed by atoms with van der Waals surface area (Å²) in [5.41, 5.74) is 1.29. The van der Waals surface area contributed by atoms with Crippen molar-refractivity contribution in [2.24, 2.45) is 7.05 Å². The Morgan fingerprint density at radius 1 is 1.28 bits per heavy atom. The van der Waals surface area contributed by atoms with Crippen molar-refractivity contribution >= 4 is 26.8 Å². The Morgan fingerprint density at radius 2 is 2.00 bits per heavy atom. The van der Waals surface area contributed by atoms with E-state index in [1.54, 1.807) is 35.9 Å². The van der Waals surface area contributed by atoms with E-state index < -0.39 is 10.0 Å². The number of nitrogens with zero attached hydrogens (tertiary/aromatic N) is 2. The Bertz CT molecular complexity index is 856. The lowest BCUT2D eigenvalue weighted by molar-refractivity contribution is 0.0936. The topological polar surface area (TPSA) is 80.6 Å². The van der Waals surface area contributed by atoms with Gasteiger partial charge in [-0.05, 0) is 37.6 Å². The van der Waals surface area contributed by atoms with Gasteiger partial charge in [-0.3, -0.25) is 4.79 Å². The van der Waals surface area contributed by atoms with Crippen LogP contribution in [-0.2, 0) is 21.8 Å². The Labute approximate surface area is 148 Å². The molecule has 8 heteroatoms. The van der Waals surface area contributed by atoms with Crippen molar-refractivity contribution in [2.45, 2.75) is 18.2 Å². The molecule has 0 aliphatic heterocycles. The van der Waals surface area contributed by atoms with Gasteiger partial charge in [0.15, 0.2) is 0 Å². The van der Waals surface area contributed by atoms with Crippen molar-refractivity contribution in [2.75, 3.05) is 33.9 Å². The summed E-state index contributed by atoms with van der Waals surface area (Å²) < 4.78 is 32.7. The summed E-state index contributed by atoms with van der Waals surface area (Å²) in [6, 6.07) is 6.58. The van der Waals surface area contributed by atoms with E-state index in [0.29, 0.717) is 30.8 Å². The average Bonchev–Trinajstić information content (AvgIpc) is 2.91. The molecule has 0 atom stereocenters. The Morgan fingerprint density at radius 3 is 2.64 bits per heavy atom. The van der Waals surface area contributed by atoms with E-state index in [1.165, 1.54) is 18.4 Å². The smallest absolute Gasteiger partial charge is 0.267 e. The number of benzene rings is 1. The number of hydrogen-bond acceptors (Lipinski definition) is 4. The van der Waals surface area contributed by atoms with Crippen LogP contribution in [0.15, 0.2) is 29.2 Å². The zero-order valence-electron chi connectivity index (χ0n) is 15.1. The van der Waals surface area contributed by atoms with Crippen LogP contribution in [0.1, 0.15) is 23.8 Å². The number of amides is 1. The zero-order chi connectivity index (χ0) is 18.6. The molecule has 1 amide bonds. The summed E-state index contributed by atoms with van der Waals surface area (Å²) in [6.07, 6.45) is 0.745. The first-order chi connectivity index (χ1) is 11.8. The van der Waals surface area contributed by atoms with Crippen LogP contribution in [0.3, 0.4) is 0 Å². The minimum absolute atomic E-state index is 0.188. The third-order valence-electron chi connectivity index (χ3n) is 3.98. The third kappa shape index (κ3) is 4.20. The number of rotatable bonds is 8. The van der Waals surface area contributed by atoms with Crippen LogP contribution in [0, 0.1) is 0 Å². The van der Waals surface area contributed by atoms with Crippen LogP contribution in [-0.4, -0.2) is 57.1 Å². The quantitative estimate of drug-likeness (QED) is 0.719. The molecular weight excluding hydrogens is 342 g/mol. The minimum Gasteiger partial charge on any atom is -0.382 e. The van der Waals surface area contributed by atoms with E-state index in [9.17, 15) is 13.2 Å². The first-order valence-electron chi connectivity index (χ1n) is 8.17. The molecule has 2 aromatic rings. The molecule has 0 aliphatic rings. The molecule has 0 radical (unpaired) electrons. The summed E-state index contributed by atoms with van der Waals surface area (Å²) >= 11 is 0. The van der Waals surface area contributed by atoms with E-state index in [1.807, 2.05) is 6.92 Å². The highest BCUT2D eigenvalue weighted by Crippen LogP contribution is 2.23. The van der Waals surface area contributed by atoms with Gasteiger partial charge in [-0.15, -0.1) is 0 Å². The number of nitrogens with one attached hydrogen (secondary N) is 1. The number of aryl methyl sites for hydroxylation is 1. The molecule has 0 bridgehead atoms. The Balaban J connectivity index is 2.22. The maximum Gasteiger partial charge on any atom is 0.267 e. The van der Waals surface area contributed by atoms with Crippen molar-refractivity contribution < 1.29 is 17.9 Å². The lowest BCUT2D eigenvalue weighted by Crippen LogP contribution is -2.27. The summed E-state index contributed by atoms with van der Waals surface area (Å²) in [6.45, 7) is 3.73. The van der Waals surface area contributed by atoms with Gasteiger partial charge < -0.3 is 14.6 Å². The molecule has 25 heavy (non-hydrogen) atoms. The van der Waals surface area contributed by atoms with Gasteiger partial charge in [-0.1, -0.05) is 0 Å². The number of ether oxygens (including phenoxy) is 1. The second-order valence-corrected chi connectivity index (χ2v) is 8.05. The molecule has 0 saturated carbocycles. The van der Waals surface area contributed by atoms with E-state index in [-0.39, 0.29) is 10.8 Å². The molecule has 1 N–H and O–H groups in total. The second-order valence-electron chi connectivity index (χ2n) is 5.90. The summed E-state index contributed by atoms with van der Waals surface area (Å²) in [4.78, 5) is 12.6. The van der Waals surface area contributed by atoms with Crippen molar-refractivity contribution in [1.29, 1.82) is 0 Å². The maximum absolute atomic E-state index is 12.4. The maximum atomic E-state index is 12.4. The largest absolute Gasteiger partial charge is 0.382 e. The van der Waals surface area contributed by atoms with E-state index >= 15 is 0 Å². The molecular formula is C17H25N3O4S. The SMILES string of the molecule is CCOCCCNC(=O)c1cc2cc(S(=O)(=O)N(C)C)ccc2n1C. The van der Waals surface area contributed by atoms with E-state index in [0.717, 1.165) is 11.9 Å². The van der Waals surface area contributed by atoms with Gasteiger partial charge in [-0.2, -0.15) is 0 Å². The molecule has 1 aromatic heterocycles. The number of aromatic nitrogens is 1. The molecule has 138 valence electrons. The number of fused-ring (bicyclic) bond motifs is 1. The highest BCUT2D eigenvalue weighted by atomic mass is 32.2. The molecule has 0 aliphatic carbocycles. The van der Waals surface area contributed by atoms with Crippen molar-refractivity contribution in [3.05, 3.63) is 30.0 Å². The highest BCUT2D eigenvalue weighted by molar-refractivity contribution is 7.89. The molecule has 7 nitrogen and oxygen atoms in total. The van der Waals surface area contributed by atoms with Gasteiger partial charge in [0.05, 0.1) is 4.90 Å². The lowest BCUT2D eigenvalue weighted by atomic mass is 10.2. The first-order valence-corrected chi connectivity index (χ1v) is 9.61. The van der Waals surface area contributed by atoms with Gasteiger partial charge in [0.1, 0.15) is 5.69 Å². The molecule has 0 fully saturated rings. The van der Waals surface area contributed by atoms with Crippen LogP contribution in [0.5, 0.6) is 0 Å². The van der Waals surface area contributed by atoms with Gasteiger partial charge in [0.25, 0.3) is 5.91 Å². The first kappa shape index (κ1) is 19.4. The molecule has 0 spiro atoms. The van der Waals surface area contributed by atoms with Crippen LogP contribution >= 0.6 is 0 Å². The molecule has 2 rings (SSSR count). The number of hydrogen-bond donors (Lipinski definition) is 1. The molecule has 0 unspecified atom stereocenters. The van der Waals surface area contributed by atoms with E-state index in [2.05, 4.69) is 5.32 Å². The number of carbonyl (C=O) groups is 1. The normalized spacial score (nSPS) is 12.0. The standard InChI is InChI=1S/C17H25N3O4S/c1-5-24-10-6-9-18-17(21)16-12-13-11-14(25(22,23)19(2)3)7-8-15(13)20(16)4/h7-8,11-12H,5-6,9-10H2,1-4H3,(H,18,21). The monoisotopic (exact) mass is 367 g/mol. The lowest BCUT2D eigenvalue weighted by Gasteiger charge is -2.11. The predicted molar refractivity (Wildman–Crippen MR) is 97.2 cm³/mol. The number of sulfonamides is 1. The molecule has 1 heterocycles. The fourth-order valence-electron chi connectivity index (χ4n) is 2.53. The predicted octanol–water partition coefficient (Wildman–Crippen LogP) is 1.58. The Kier molecular flexibility index (Phi) is 6.21. The van der Waals surface area contributed by atoms with Crippen LogP contribution in [0.4, 0.5) is 0 Å². The van der Waals surface area contributed by atoms with Gasteiger partial charge >= 0.3 is 0 Å². The number of carbonyl (C=O) groups excluding carboxylic acids is 1. The van der Waals surface area contributed by atoms with E-state index in [4.69, 9.17) is 4.74 Å². The fraction of sp³-hybridized carbons (Fsp3) is 0.471. The van der Waals surface area contributed by atoms with Crippen molar-refractivity contribution in [3.63, 3.8) is 0 Å². The van der Waals surface area contributed by atoms with Gasteiger partial charge in [0.2, 0.25) is 10.0 Å². The third-order valence-corrected chi connectivity index (χ3v) is 5.79. The summed E-state index contributed by atoms with van der Waals surface area (Å²) in [7, 11) is 1.27. The van der Waals surface area contributed by atoms with Gasteiger partial charge in [-0.25, -0.2) is 12.7 Å². The summed E-state index contributed by atoms with van der Waals surface area (Å²) in [5, 5.41) is 3.57. The van der Waals surface area contributed by atoms with Gasteiger partial charge in [0, 0.05) is 51.8 Å². The second kappa shape index (κ2) is 7.99. The minimum atomic E-state index is -3.51. The average molecular weight is 367 g/mol. The van der Waals surface area contributed by atoms with Crippen molar-refractivity contribution in [1.82, 2.24) is 14.2 Å². The zero-order valence-corrected chi connectivity index (χ0v) is 15.9. The summed E-state index contributed by atoms with van der Waals surface area (Å²) in [5.74, 6) is -0.188. The molecule has 0 saturated heterocycles. The Hall–Kier alpha value is -1.90.